The summed E-state index contributed by atoms with van der Waals surface area (Å²) in [4.78, 5) is 25.4. The lowest BCUT2D eigenvalue weighted by Crippen LogP contribution is -2.29. The van der Waals surface area contributed by atoms with Crippen molar-refractivity contribution >= 4 is 11.6 Å². The van der Waals surface area contributed by atoms with E-state index in [1.54, 1.807) is 6.92 Å². The fourth-order valence-electron chi connectivity index (χ4n) is 3.19. The summed E-state index contributed by atoms with van der Waals surface area (Å²) in [5.41, 5.74) is -1.22. The molecule has 34 heavy (non-hydrogen) atoms. The molecule has 3 rings (SSSR count). The van der Waals surface area contributed by atoms with Gasteiger partial charge in [0.05, 0.1) is 5.56 Å². The highest BCUT2D eigenvalue weighted by Crippen LogP contribution is 2.29. The Kier molecular flexibility index (Phi) is 7.38. The Morgan fingerprint density at radius 3 is 2.47 bits per heavy atom. The van der Waals surface area contributed by atoms with Crippen LogP contribution >= 0.6 is 0 Å². The van der Waals surface area contributed by atoms with E-state index < -0.39 is 59.4 Å². The SMILES string of the molecule is CCc1nn(-c2cc(O[C@@H](CF)C(F)F)c(C(=O)Nc3ccc(F)cc3C)cc2F)c(=O)n1C. The van der Waals surface area contributed by atoms with Gasteiger partial charge in [0.1, 0.15) is 35.6 Å². The Balaban J connectivity index is 2.12. The second-order valence-electron chi connectivity index (χ2n) is 7.38. The summed E-state index contributed by atoms with van der Waals surface area (Å²) in [6.45, 7) is 1.64. The number of carbonyl (C=O) groups is 1. The molecule has 12 heteroatoms. The molecule has 0 aliphatic heterocycles. The van der Waals surface area contributed by atoms with Gasteiger partial charge in [-0.15, -0.1) is 5.10 Å². The maximum Gasteiger partial charge on any atom is 0.350 e. The molecule has 3 aromatic rings. The van der Waals surface area contributed by atoms with Crippen molar-refractivity contribution in [1.29, 1.82) is 0 Å². The van der Waals surface area contributed by atoms with Crippen LogP contribution in [0.4, 0.5) is 27.6 Å². The van der Waals surface area contributed by atoms with Crippen LogP contribution in [0.2, 0.25) is 0 Å². The second-order valence-corrected chi connectivity index (χ2v) is 7.38. The van der Waals surface area contributed by atoms with Crippen molar-refractivity contribution in [3.05, 3.63) is 69.4 Å². The van der Waals surface area contributed by atoms with Gasteiger partial charge in [-0.3, -0.25) is 9.36 Å². The molecular weight excluding hydrogens is 463 g/mol. The minimum Gasteiger partial charge on any atom is -0.481 e. The highest BCUT2D eigenvalue weighted by atomic mass is 19.3. The van der Waals surface area contributed by atoms with Crippen LogP contribution in [0.3, 0.4) is 0 Å². The first-order valence-corrected chi connectivity index (χ1v) is 10.1. The topological polar surface area (TPSA) is 78.2 Å². The summed E-state index contributed by atoms with van der Waals surface area (Å²) in [5, 5.41) is 6.42. The van der Waals surface area contributed by atoms with Crippen LogP contribution in [-0.2, 0) is 13.5 Å². The lowest BCUT2D eigenvalue weighted by Gasteiger charge is -2.19. The molecule has 0 spiro atoms. The second kappa shape index (κ2) is 10.1. The first-order chi connectivity index (χ1) is 16.1. The van der Waals surface area contributed by atoms with Crippen LogP contribution in [0, 0.1) is 18.6 Å². The number of anilines is 1. The molecule has 0 aliphatic carbocycles. The van der Waals surface area contributed by atoms with Crippen LogP contribution in [-0.4, -0.2) is 39.5 Å². The van der Waals surface area contributed by atoms with E-state index in [0.29, 0.717) is 28.6 Å². The van der Waals surface area contributed by atoms with Crippen LogP contribution in [0.25, 0.3) is 5.69 Å². The smallest absolute Gasteiger partial charge is 0.350 e. The predicted octanol–water partition coefficient (Wildman–Crippen LogP) is 3.95. The summed E-state index contributed by atoms with van der Waals surface area (Å²) in [6, 6.07) is 4.99. The fraction of sp³-hybridized carbons (Fsp3) is 0.318. The first kappa shape index (κ1) is 24.9. The summed E-state index contributed by atoms with van der Waals surface area (Å²) in [5.74, 6) is -2.89. The maximum absolute atomic E-state index is 15.0. The molecule has 1 amide bonds. The zero-order valence-corrected chi connectivity index (χ0v) is 18.4. The number of benzene rings is 2. The molecule has 7 nitrogen and oxygen atoms in total. The molecule has 0 bridgehead atoms. The third-order valence-electron chi connectivity index (χ3n) is 5.06. The van der Waals surface area contributed by atoms with Gasteiger partial charge in [-0.25, -0.2) is 26.7 Å². The average Bonchev–Trinajstić information content (AvgIpc) is 3.07. The van der Waals surface area contributed by atoms with Crippen molar-refractivity contribution in [3.63, 3.8) is 0 Å². The third-order valence-corrected chi connectivity index (χ3v) is 5.06. The largest absolute Gasteiger partial charge is 0.481 e. The molecule has 0 saturated heterocycles. The van der Waals surface area contributed by atoms with E-state index in [-0.39, 0.29) is 5.69 Å². The van der Waals surface area contributed by atoms with Gasteiger partial charge in [0.15, 0.2) is 6.10 Å². The number of halogens is 5. The van der Waals surface area contributed by atoms with Crippen molar-refractivity contribution in [2.45, 2.75) is 32.8 Å². The number of amides is 1. The monoisotopic (exact) mass is 484 g/mol. The Morgan fingerprint density at radius 1 is 1.21 bits per heavy atom. The van der Waals surface area contributed by atoms with E-state index in [1.165, 1.54) is 24.6 Å². The van der Waals surface area contributed by atoms with Crippen molar-refractivity contribution in [3.8, 4) is 11.4 Å². The van der Waals surface area contributed by atoms with Gasteiger partial charge in [0, 0.05) is 25.2 Å². The lowest BCUT2D eigenvalue weighted by atomic mass is 10.1. The molecule has 0 aliphatic rings. The standard InChI is InChI=1S/C22H21F5N4O3/c1-4-19-29-31(22(33)30(19)3)16-9-17(34-18(10-23)20(26)27)13(8-14(16)25)21(32)28-15-6-5-12(24)7-11(15)2/h5-9,18,20H,4,10H2,1-3H3,(H,28,32)/t18-/m0/s1. The Bertz CT molecular complexity index is 1270. The Morgan fingerprint density at radius 2 is 1.91 bits per heavy atom. The summed E-state index contributed by atoms with van der Waals surface area (Å²) in [6.07, 6.45) is -5.15. The zero-order valence-electron chi connectivity index (χ0n) is 18.4. The van der Waals surface area contributed by atoms with Crippen LogP contribution < -0.4 is 15.7 Å². The molecule has 0 radical (unpaired) electrons. The van der Waals surface area contributed by atoms with Gasteiger partial charge < -0.3 is 10.1 Å². The minimum atomic E-state index is -3.25. The number of hydrogen-bond acceptors (Lipinski definition) is 4. The number of alkyl halides is 3. The highest BCUT2D eigenvalue weighted by molar-refractivity contribution is 6.06. The van der Waals surface area contributed by atoms with Crippen LogP contribution in [0.5, 0.6) is 5.75 Å². The number of hydrogen-bond donors (Lipinski definition) is 1. The number of aryl methyl sites for hydroxylation is 2. The first-order valence-electron chi connectivity index (χ1n) is 10.1. The van der Waals surface area contributed by atoms with E-state index in [4.69, 9.17) is 4.74 Å². The van der Waals surface area contributed by atoms with E-state index in [0.717, 1.165) is 18.2 Å². The number of carbonyl (C=O) groups excluding carboxylic acids is 1. The molecule has 0 saturated carbocycles. The molecule has 182 valence electrons. The summed E-state index contributed by atoms with van der Waals surface area (Å²) < 4.78 is 74.8. The van der Waals surface area contributed by atoms with Gasteiger partial charge >= 0.3 is 5.69 Å². The number of rotatable bonds is 8. The van der Waals surface area contributed by atoms with E-state index in [2.05, 4.69) is 10.4 Å². The van der Waals surface area contributed by atoms with Crippen molar-refractivity contribution < 1.29 is 31.5 Å². The van der Waals surface area contributed by atoms with Crippen molar-refractivity contribution in [2.75, 3.05) is 12.0 Å². The molecule has 2 aromatic carbocycles. The van der Waals surface area contributed by atoms with E-state index in [9.17, 15) is 27.2 Å². The number of nitrogens with one attached hydrogen (secondary N) is 1. The van der Waals surface area contributed by atoms with Crippen molar-refractivity contribution in [2.24, 2.45) is 7.05 Å². The molecule has 0 fully saturated rings. The van der Waals surface area contributed by atoms with Gasteiger partial charge in [0.25, 0.3) is 12.3 Å². The highest BCUT2D eigenvalue weighted by Gasteiger charge is 2.27. The summed E-state index contributed by atoms with van der Waals surface area (Å²) >= 11 is 0. The minimum absolute atomic E-state index is 0.172. The molecule has 1 aromatic heterocycles. The molecule has 1 heterocycles. The Labute approximate surface area is 190 Å². The normalized spacial score (nSPS) is 12.1. The quantitative estimate of drug-likeness (QED) is 0.491. The predicted molar refractivity (Wildman–Crippen MR) is 114 cm³/mol. The van der Waals surface area contributed by atoms with Crippen molar-refractivity contribution in [1.82, 2.24) is 14.3 Å². The van der Waals surface area contributed by atoms with E-state index >= 15 is 4.39 Å². The number of nitrogens with zero attached hydrogens (tertiary/aromatic N) is 3. The average molecular weight is 484 g/mol. The number of ether oxygens (including phenoxy) is 1. The van der Waals surface area contributed by atoms with E-state index in [1.807, 2.05) is 0 Å². The molecule has 0 unspecified atom stereocenters. The zero-order chi connectivity index (χ0) is 25.2. The lowest BCUT2D eigenvalue weighted by molar-refractivity contribution is -0.00158. The molecule has 1 N–H and O–H groups in total. The Hall–Kier alpha value is -3.70. The van der Waals surface area contributed by atoms with Gasteiger partial charge in [-0.1, -0.05) is 6.92 Å². The summed E-state index contributed by atoms with van der Waals surface area (Å²) in [7, 11) is 1.42. The van der Waals surface area contributed by atoms with Gasteiger partial charge in [-0.05, 0) is 36.8 Å². The molecular formula is C22H21F5N4O3. The van der Waals surface area contributed by atoms with Crippen LogP contribution in [0.15, 0.2) is 35.1 Å². The van der Waals surface area contributed by atoms with Gasteiger partial charge in [0.2, 0.25) is 0 Å². The molecule has 1 atom stereocenters. The van der Waals surface area contributed by atoms with Gasteiger partial charge in [-0.2, -0.15) is 4.68 Å². The third kappa shape index (κ3) is 4.95. The van der Waals surface area contributed by atoms with Crippen LogP contribution in [0.1, 0.15) is 28.7 Å². The number of aromatic nitrogens is 3. The fourth-order valence-corrected chi connectivity index (χ4v) is 3.19. The maximum atomic E-state index is 15.0.